The van der Waals surface area contributed by atoms with Gasteiger partial charge in [0.1, 0.15) is 0 Å². The van der Waals surface area contributed by atoms with Gasteiger partial charge >= 0.3 is 0 Å². The molecule has 1 heterocycles. The number of carbonyl (C=O) groups excluding carboxylic acids is 2. The van der Waals surface area contributed by atoms with E-state index in [2.05, 4.69) is 5.32 Å². The Morgan fingerprint density at radius 2 is 2.13 bits per heavy atom. The normalized spacial score (nSPS) is 17.1. The van der Waals surface area contributed by atoms with E-state index in [1.165, 1.54) is 17.9 Å². The number of hydrogen-bond donors (Lipinski definition) is 1. The number of nitrogens with one attached hydrogen (secondary N) is 1. The van der Waals surface area contributed by atoms with Gasteiger partial charge in [-0.25, -0.2) is 8.78 Å². The van der Waals surface area contributed by atoms with Crippen molar-refractivity contribution in [1.82, 2.24) is 5.32 Å². The van der Waals surface area contributed by atoms with Crippen molar-refractivity contribution in [1.29, 1.82) is 0 Å². The SMILES string of the molecule is CC(=O)N(CCC(=O)NCC1CCCO1)c1ccc(F)c(F)c1. The van der Waals surface area contributed by atoms with E-state index in [4.69, 9.17) is 4.74 Å². The molecule has 0 radical (unpaired) electrons. The summed E-state index contributed by atoms with van der Waals surface area (Å²) < 4.78 is 31.7. The van der Waals surface area contributed by atoms with E-state index >= 15 is 0 Å². The Morgan fingerprint density at radius 1 is 1.35 bits per heavy atom. The summed E-state index contributed by atoms with van der Waals surface area (Å²) in [6.45, 7) is 2.57. The van der Waals surface area contributed by atoms with Crippen LogP contribution < -0.4 is 10.2 Å². The standard InChI is InChI=1S/C16H20F2N2O3/c1-11(21)20(12-4-5-14(17)15(18)9-12)7-6-16(22)19-10-13-3-2-8-23-13/h4-5,9,13H,2-3,6-8,10H2,1H3,(H,19,22). The highest BCUT2D eigenvalue weighted by Gasteiger charge is 2.18. The Kier molecular flexibility index (Phi) is 6.04. The lowest BCUT2D eigenvalue weighted by Crippen LogP contribution is -2.36. The van der Waals surface area contributed by atoms with Gasteiger partial charge in [-0.15, -0.1) is 0 Å². The molecule has 0 saturated carbocycles. The van der Waals surface area contributed by atoms with Crippen molar-refractivity contribution in [2.45, 2.75) is 32.3 Å². The molecule has 23 heavy (non-hydrogen) atoms. The Morgan fingerprint density at radius 3 is 2.74 bits per heavy atom. The average molecular weight is 326 g/mol. The van der Waals surface area contributed by atoms with Crippen molar-refractivity contribution < 1.29 is 23.1 Å². The molecule has 1 saturated heterocycles. The van der Waals surface area contributed by atoms with Gasteiger partial charge in [-0.2, -0.15) is 0 Å². The zero-order chi connectivity index (χ0) is 16.8. The lowest BCUT2D eigenvalue weighted by molar-refractivity contribution is -0.121. The van der Waals surface area contributed by atoms with Gasteiger partial charge in [0.25, 0.3) is 0 Å². The number of benzene rings is 1. The second-order valence-corrected chi connectivity index (χ2v) is 5.46. The van der Waals surface area contributed by atoms with Crippen LogP contribution in [0.4, 0.5) is 14.5 Å². The number of halogens is 2. The first-order valence-electron chi connectivity index (χ1n) is 7.59. The van der Waals surface area contributed by atoms with Gasteiger partial charge < -0.3 is 15.0 Å². The van der Waals surface area contributed by atoms with Crippen LogP contribution in [0.25, 0.3) is 0 Å². The molecule has 5 nitrogen and oxygen atoms in total. The van der Waals surface area contributed by atoms with Crippen LogP contribution in [0, 0.1) is 11.6 Å². The first kappa shape index (κ1) is 17.3. The predicted molar refractivity (Wildman–Crippen MR) is 81.0 cm³/mol. The van der Waals surface area contributed by atoms with Crippen molar-refractivity contribution in [3.8, 4) is 0 Å². The molecule has 7 heteroatoms. The molecule has 2 rings (SSSR count). The van der Waals surface area contributed by atoms with E-state index in [-0.39, 0.29) is 36.6 Å². The Balaban J connectivity index is 1.87. The third-order valence-corrected chi connectivity index (χ3v) is 3.71. The van der Waals surface area contributed by atoms with Crippen molar-refractivity contribution in [3.05, 3.63) is 29.8 Å². The molecule has 1 aromatic carbocycles. The smallest absolute Gasteiger partial charge is 0.223 e. The second kappa shape index (κ2) is 8.01. The molecule has 1 aromatic rings. The fourth-order valence-corrected chi connectivity index (χ4v) is 2.46. The van der Waals surface area contributed by atoms with Gasteiger partial charge in [-0.3, -0.25) is 9.59 Å². The highest BCUT2D eigenvalue weighted by Crippen LogP contribution is 2.18. The van der Waals surface area contributed by atoms with E-state index in [9.17, 15) is 18.4 Å². The number of nitrogens with zero attached hydrogens (tertiary/aromatic N) is 1. The molecule has 1 fully saturated rings. The fourth-order valence-electron chi connectivity index (χ4n) is 2.46. The maximum Gasteiger partial charge on any atom is 0.223 e. The summed E-state index contributed by atoms with van der Waals surface area (Å²) in [5, 5.41) is 2.75. The van der Waals surface area contributed by atoms with Crippen LogP contribution in [0.5, 0.6) is 0 Å². The summed E-state index contributed by atoms with van der Waals surface area (Å²) in [5.41, 5.74) is 0.225. The number of rotatable bonds is 6. The van der Waals surface area contributed by atoms with E-state index in [1.54, 1.807) is 0 Å². The zero-order valence-corrected chi connectivity index (χ0v) is 13.0. The van der Waals surface area contributed by atoms with E-state index in [0.29, 0.717) is 6.54 Å². The number of anilines is 1. The summed E-state index contributed by atoms with van der Waals surface area (Å²) in [6, 6.07) is 3.21. The average Bonchev–Trinajstić information content (AvgIpc) is 3.02. The molecular weight excluding hydrogens is 306 g/mol. The summed E-state index contributed by atoms with van der Waals surface area (Å²) in [4.78, 5) is 24.8. The van der Waals surface area contributed by atoms with E-state index in [1.807, 2.05) is 0 Å². The Labute approximate surface area is 133 Å². The summed E-state index contributed by atoms with van der Waals surface area (Å²) in [6.07, 6.45) is 2.04. The molecular formula is C16H20F2N2O3. The molecule has 0 bridgehead atoms. The second-order valence-electron chi connectivity index (χ2n) is 5.46. The lowest BCUT2D eigenvalue weighted by Gasteiger charge is -2.21. The van der Waals surface area contributed by atoms with E-state index < -0.39 is 11.6 Å². The quantitative estimate of drug-likeness (QED) is 0.870. The topological polar surface area (TPSA) is 58.6 Å². The van der Waals surface area contributed by atoms with Crippen LogP contribution in [-0.2, 0) is 14.3 Å². The summed E-state index contributed by atoms with van der Waals surface area (Å²) in [7, 11) is 0. The Bertz CT molecular complexity index is 574. The molecule has 1 atom stereocenters. The highest BCUT2D eigenvalue weighted by atomic mass is 19.2. The monoisotopic (exact) mass is 326 g/mol. The van der Waals surface area contributed by atoms with Crippen LogP contribution in [0.3, 0.4) is 0 Å². The molecule has 1 aliphatic rings. The molecule has 0 spiro atoms. The van der Waals surface area contributed by atoms with Gasteiger partial charge in [0.2, 0.25) is 11.8 Å². The maximum atomic E-state index is 13.3. The number of carbonyl (C=O) groups is 2. The maximum absolute atomic E-state index is 13.3. The van der Waals surface area contributed by atoms with Crippen LogP contribution in [-0.4, -0.2) is 37.6 Å². The summed E-state index contributed by atoms with van der Waals surface area (Å²) in [5.74, 6) is -2.57. The lowest BCUT2D eigenvalue weighted by atomic mass is 10.2. The van der Waals surface area contributed by atoms with E-state index in [0.717, 1.165) is 31.6 Å². The third kappa shape index (κ3) is 4.99. The summed E-state index contributed by atoms with van der Waals surface area (Å²) >= 11 is 0. The van der Waals surface area contributed by atoms with Crippen LogP contribution >= 0.6 is 0 Å². The van der Waals surface area contributed by atoms with Gasteiger partial charge in [0, 0.05) is 44.8 Å². The molecule has 1 aliphatic heterocycles. The minimum Gasteiger partial charge on any atom is -0.376 e. The zero-order valence-electron chi connectivity index (χ0n) is 13.0. The molecule has 1 unspecified atom stereocenters. The van der Waals surface area contributed by atoms with Crippen molar-refractivity contribution >= 4 is 17.5 Å². The van der Waals surface area contributed by atoms with Crippen molar-refractivity contribution in [2.75, 3.05) is 24.6 Å². The van der Waals surface area contributed by atoms with Crippen LogP contribution in [0.1, 0.15) is 26.2 Å². The molecule has 0 aliphatic carbocycles. The fraction of sp³-hybridized carbons (Fsp3) is 0.500. The molecule has 1 N–H and O–H groups in total. The van der Waals surface area contributed by atoms with Crippen molar-refractivity contribution in [3.63, 3.8) is 0 Å². The number of hydrogen-bond acceptors (Lipinski definition) is 3. The van der Waals surface area contributed by atoms with Crippen molar-refractivity contribution in [2.24, 2.45) is 0 Å². The molecule has 0 aromatic heterocycles. The minimum absolute atomic E-state index is 0.0501. The number of amides is 2. The third-order valence-electron chi connectivity index (χ3n) is 3.71. The Hall–Kier alpha value is -2.02. The van der Waals surface area contributed by atoms with Gasteiger partial charge in [0.15, 0.2) is 11.6 Å². The molecule has 126 valence electrons. The first-order chi connectivity index (χ1) is 11.0. The van der Waals surface area contributed by atoms with Gasteiger partial charge in [0.05, 0.1) is 6.10 Å². The van der Waals surface area contributed by atoms with Gasteiger partial charge in [-0.05, 0) is 25.0 Å². The largest absolute Gasteiger partial charge is 0.376 e. The van der Waals surface area contributed by atoms with Gasteiger partial charge in [-0.1, -0.05) is 0 Å². The number of ether oxygens (including phenoxy) is 1. The predicted octanol–water partition coefficient (Wildman–Crippen LogP) is 2.00. The highest BCUT2D eigenvalue weighted by molar-refractivity contribution is 5.92. The molecule has 2 amide bonds. The first-order valence-corrected chi connectivity index (χ1v) is 7.59. The van der Waals surface area contributed by atoms with Crippen LogP contribution in [0.2, 0.25) is 0 Å². The van der Waals surface area contributed by atoms with Crippen LogP contribution in [0.15, 0.2) is 18.2 Å². The minimum atomic E-state index is -1.03.